The third kappa shape index (κ3) is 9.58. The summed E-state index contributed by atoms with van der Waals surface area (Å²) < 4.78 is 13.8. The summed E-state index contributed by atoms with van der Waals surface area (Å²) >= 11 is 0. The zero-order valence-electron chi connectivity index (χ0n) is 59.0. The third-order valence-electron chi connectivity index (χ3n) is 22.1. The average Bonchev–Trinajstić information content (AvgIpc) is 1.57. The highest BCUT2D eigenvalue weighted by Gasteiger charge is 2.25. The Morgan fingerprint density at radius 3 is 0.973 bits per heavy atom. The van der Waals surface area contributed by atoms with Gasteiger partial charge >= 0.3 is 0 Å². The van der Waals surface area contributed by atoms with E-state index in [9.17, 15) is 10.5 Å². The summed E-state index contributed by atoms with van der Waals surface area (Å²) in [5.41, 5.74) is 25.3. The van der Waals surface area contributed by atoms with Crippen LogP contribution in [0.1, 0.15) is 11.1 Å². The number of para-hydroxylation sites is 9. The van der Waals surface area contributed by atoms with Crippen LogP contribution in [-0.2, 0) is 0 Å². The summed E-state index contributed by atoms with van der Waals surface area (Å²) in [7, 11) is 0. The van der Waals surface area contributed by atoms with E-state index in [1.54, 1.807) is 0 Å². The lowest BCUT2D eigenvalue weighted by molar-refractivity contribution is 1.15. The van der Waals surface area contributed by atoms with Gasteiger partial charge in [-0.25, -0.2) is 9.69 Å². The molecule has 508 valence electrons. The smallest absolute Gasteiger partial charge is 0.189 e. The maximum absolute atomic E-state index is 10.7. The van der Waals surface area contributed by atoms with E-state index in [1.807, 2.05) is 48.5 Å². The minimum absolute atomic E-state index is 0.593. The fourth-order valence-electron chi connectivity index (χ4n) is 17.5. The molecule has 16 aromatic carbocycles. The summed E-state index contributed by atoms with van der Waals surface area (Å²) in [5, 5.41) is 34.8. The fraction of sp³-hybridized carbons (Fsp3) is 0. The van der Waals surface area contributed by atoms with E-state index in [0.29, 0.717) is 22.5 Å². The molecule has 0 saturated heterocycles. The fourth-order valence-corrected chi connectivity index (χ4v) is 17.5. The lowest BCUT2D eigenvalue weighted by Gasteiger charge is -2.17. The summed E-state index contributed by atoms with van der Waals surface area (Å²) in [4.78, 5) is 7.50. The normalized spacial score (nSPS) is 11.6. The van der Waals surface area contributed by atoms with Gasteiger partial charge in [0, 0.05) is 110 Å². The molecule has 0 aliphatic heterocycles. The molecule has 0 N–H and O–H groups in total. The Morgan fingerprint density at radius 1 is 0.227 bits per heavy atom. The van der Waals surface area contributed by atoms with Gasteiger partial charge in [-0.2, -0.15) is 10.5 Å². The first-order chi connectivity index (χ1) is 54.4. The van der Waals surface area contributed by atoms with Crippen molar-refractivity contribution >= 4 is 142 Å². The number of rotatable bonds is 8. The topological polar surface area (TPSA) is 85.9 Å². The van der Waals surface area contributed by atoms with E-state index in [4.69, 9.17) is 13.1 Å². The van der Waals surface area contributed by atoms with Gasteiger partial charge in [0.1, 0.15) is 6.07 Å². The zero-order valence-corrected chi connectivity index (χ0v) is 59.0. The van der Waals surface area contributed by atoms with Gasteiger partial charge in [-0.1, -0.05) is 212 Å². The van der Waals surface area contributed by atoms with Crippen LogP contribution in [0, 0.1) is 35.8 Å². The minimum Gasteiger partial charge on any atom is -0.310 e. The van der Waals surface area contributed by atoms with E-state index < -0.39 is 0 Å². The second-order valence-corrected chi connectivity index (χ2v) is 27.9. The van der Waals surface area contributed by atoms with Crippen LogP contribution in [0.15, 0.2) is 352 Å². The number of aromatic nitrogens is 6. The highest BCUT2D eigenvalue weighted by atomic mass is 15.0. The SMILES string of the molecule is [C-]#[N+]c1ccc2c3ccccc3n(-c3cccc(-c4ccc(C#N)cc4-n4c5ccccc5c5cc(-n6c7ccccc7c7ccccc76)ccc54)c3)c2c1.[C-]#[N+]c1ccc2c3ccccc3n(-c3cccc(-c4cccc(C#N)c4-n4c5ccccc5c5cc(-n6c7ccccc7c7ccccc76)ccc54)c3)c2c1. The monoisotopic (exact) mass is 1400 g/mol. The molecule has 6 aromatic heterocycles. The molecule has 0 aliphatic carbocycles. The van der Waals surface area contributed by atoms with E-state index in [2.05, 4.69) is 353 Å². The summed E-state index contributed by atoms with van der Waals surface area (Å²) in [6.45, 7) is 15.4. The summed E-state index contributed by atoms with van der Waals surface area (Å²) in [6, 6.07) is 127. The number of hydrogen-bond donors (Lipinski definition) is 0. The molecule has 0 bridgehead atoms. The van der Waals surface area contributed by atoms with Crippen LogP contribution in [-0.4, -0.2) is 27.4 Å². The minimum atomic E-state index is 0.593. The molecule has 10 nitrogen and oxygen atoms in total. The molecular formula is C100H58N10. The van der Waals surface area contributed by atoms with Gasteiger partial charge in [0.2, 0.25) is 0 Å². The Morgan fingerprint density at radius 2 is 0.564 bits per heavy atom. The van der Waals surface area contributed by atoms with Crippen molar-refractivity contribution in [2.75, 3.05) is 0 Å². The van der Waals surface area contributed by atoms with Gasteiger partial charge in [0.25, 0.3) is 0 Å². The van der Waals surface area contributed by atoms with Crippen LogP contribution >= 0.6 is 0 Å². The van der Waals surface area contributed by atoms with Gasteiger partial charge in [0.15, 0.2) is 11.4 Å². The second kappa shape index (κ2) is 25.0. The molecule has 10 heteroatoms. The molecular weight excluding hydrogens is 1340 g/mol. The molecule has 0 atom stereocenters. The molecule has 110 heavy (non-hydrogen) atoms. The summed E-state index contributed by atoms with van der Waals surface area (Å²) in [5.74, 6) is 0. The Bertz CT molecular complexity index is 7760. The van der Waals surface area contributed by atoms with Crippen LogP contribution in [0.3, 0.4) is 0 Å². The third-order valence-corrected chi connectivity index (χ3v) is 22.1. The highest BCUT2D eigenvalue weighted by Crippen LogP contribution is 2.45. The maximum atomic E-state index is 10.7. The molecule has 0 spiro atoms. The maximum Gasteiger partial charge on any atom is 0.189 e. The standard InChI is InChI=1S/2C50H29N5/c1-52-34-24-26-42-40-17-4-8-22-46(40)54(49(42)29-34)35-14-10-12-32(28-35)37-19-11-13-33(31-51)50(37)55-47-23-9-5-18-41(47)43-30-36(25-27-48(43)55)53-44-20-6-2-15-38(44)39-16-3-7-21-45(39)53;1-52-34-22-25-42-40-15-4-8-19-46(40)54(50(42)29-34)35-12-10-11-33(28-35)37-24-21-32(31-51)27-49(37)55-47-20-9-5-16-41(47)43-30-36(23-26-48(43)55)53-44-17-6-2-13-38(44)39-14-3-7-18-45(39)53/h2*2-30H. The first-order valence-corrected chi connectivity index (χ1v) is 36.6. The Balaban J connectivity index is 0.000000140. The van der Waals surface area contributed by atoms with Gasteiger partial charge < -0.3 is 27.4 Å². The molecule has 0 fully saturated rings. The zero-order chi connectivity index (χ0) is 73.2. The first kappa shape index (κ1) is 62.8. The molecule has 6 heterocycles. The van der Waals surface area contributed by atoms with Crippen molar-refractivity contribution in [3.63, 3.8) is 0 Å². The van der Waals surface area contributed by atoms with Gasteiger partial charge in [0.05, 0.1) is 96.9 Å². The van der Waals surface area contributed by atoms with Crippen LogP contribution in [0.4, 0.5) is 11.4 Å². The van der Waals surface area contributed by atoms with E-state index in [1.165, 1.54) is 32.6 Å². The number of fused-ring (bicyclic) bond motifs is 18. The highest BCUT2D eigenvalue weighted by molar-refractivity contribution is 6.16. The number of nitrogens with zero attached hydrogens (tertiary/aromatic N) is 10. The lowest BCUT2D eigenvalue weighted by Crippen LogP contribution is -2.02. The predicted molar refractivity (Wildman–Crippen MR) is 452 cm³/mol. The van der Waals surface area contributed by atoms with Crippen molar-refractivity contribution in [1.82, 2.24) is 27.4 Å². The molecule has 22 rings (SSSR count). The van der Waals surface area contributed by atoms with E-state index in [0.717, 1.165) is 155 Å². The molecule has 0 aliphatic rings. The van der Waals surface area contributed by atoms with Crippen LogP contribution in [0.5, 0.6) is 0 Å². The van der Waals surface area contributed by atoms with Crippen molar-refractivity contribution < 1.29 is 0 Å². The van der Waals surface area contributed by atoms with Gasteiger partial charge in [-0.3, -0.25) is 0 Å². The van der Waals surface area contributed by atoms with Crippen molar-refractivity contribution in [3.05, 3.63) is 386 Å². The molecule has 0 saturated carbocycles. The first-order valence-electron chi connectivity index (χ1n) is 36.6. The molecule has 22 aromatic rings. The van der Waals surface area contributed by atoms with Crippen molar-refractivity contribution in [1.29, 1.82) is 10.5 Å². The lowest BCUT2D eigenvalue weighted by atomic mass is 9.99. The van der Waals surface area contributed by atoms with E-state index in [-0.39, 0.29) is 0 Å². The Hall–Kier alpha value is -15.7. The molecule has 0 radical (unpaired) electrons. The van der Waals surface area contributed by atoms with Crippen molar-refractivity contribution in [3.8, 4) is 68.5 Å². The molecule has 0 amide bonds. The van der Waals surface area contributed by atoms with Crippen molar-refractivity contribution in [2.24, 2.45) is 0 Å². The number of benzene rings is 16. The van der Waals surface area contributed by atoms with Gasteiger partial charge in [-0.15, -0.1) is 0 Å². The predicted octanol–water partition coefficient (Wildman–Crippen LogP) is 26.1. The van der Waals surface area contributed by atoms with Crippen LogP contribution < -0.4 is 0 Å². The van der Waals surface area contributed by atoms with Crippen molar-refractivity contribution in [2.45, 2.75) is 0 Å². The number of hydrogen-bond acceptors (Lipinski definition) is 2. The largest absolute Gasteiger partial charge is 0.310 e. The molecule has 0 unspecified atom stereocenters. The summed E-state index contributed by atoms with van der Waals surface area (Å²) in [6.07, 6.45) is 0. The second-order valence-electron chi connectivity index (χ2n) is 27.9. The van der Waals surface area contributed by atoms with Crippen LogP contribution in [0.2, 0.25) is 0 Å². The number of nitriles is 2. The van der Waals surface area contributed by atoms with Crippen LogP contribution in [0.25, 0.3) is 197 Å². The van der Waals surface area contributed by atoms with E-state index >= 15 is 0 Å². The quantitative estimate of drug-likeness (QED) is 0.142. The average molecular weight is 1400 g/mol. The van der Waals surface area contributed by atoms with Gasteiger partial charge in [-0.05, 0) is 151 Å². The Kier molecular flexibility index (Phi) is 14.3. The Labute approximate surface area is 630 Å².